The second-order valence-electron chi connectivity index (χ2n) is 4.44. The van der Waals surface area contributed by atoms with Crippen molar-refractivity contribution < 1.29 is 12.9 Å². The molecular formula is C10H19N3O3S. The van der Waals surface area contributed by atoms with E-state index in [1.54, 1.807) is 13.0 Å². The molecule has 0 spiro atoms. The Morgan fingerprint density at radius 1 is 1.53 bits per heavy atom. The van der Waals surface area contributed by atoms with E-state index < -0.39 is 10.0 Å². The van der Waals surface area contributed by atoms with Crippen molar-refractivity contribution in [3.8, 4) is 0 Å². The van der Waals surface area contributed by atoms with Crippen molar-refractivity contribution in [1.82, 2.24) is 9.88 Å². The summed E-state index contributed by atoms with van der Waals surface area (Å²) in [5.41, 5.74) is 6.16. The summed E-state index contributed by atoms with van der Waals surface area (Å²) in [6.45, 7) is 5.84. The van der Waals surface area contributed by atoms with E-state index in [0.29, 0.717) is 11.5 Å². The Bertz CT molecular complexity index is 453. The first-order valence-electron chi connectivity index (χ1n) is 5.45. The van der Waals surface area contributed by atoms with E-state index >= 15 is 0 Å². The zero-order valence-electron chi connectivity index (χ0n) is 10.3. The fourth-order valence-corrected chi connectivity index (χ4v) is 2.26. The SMILES string of the molecule is Cc1cc(CS(=O)(=O)NCC(N)C(C)C)no1. The molecule has 0 aliphatic rings. The van der Waals surface area contributed by atoms with Crippen molar-refractivity contribution in [2.24, 2.45) is 11.7 Å². The van der Waals surface area contributed by atoms with E-state index in [-0.39, 0.29) is 24.3 Å². The highest BCUT2D eigenvalue weighted by Gasteiger charge is 2.16. The van der Waals surface area contributed by atoms with Crippen molar-refractivity contribution in [1.29, 1.82) is 0 Å². The van der Waals surface area contributed by atoms with Crippen LogP contribution in [0.4, 0.5) is 0 Å². The highest BCUT2D eigenvalue weighted by atomic mass is 32.2. The number of nitrogens with one attached hydrogen (secondary N) is 1. The molecule has 0 saturated heterocycles. The van der Waals surface area contributed by atoms with Crippen LogP contribution in [0.1, 0.15) is 25.3 Å². The Hall–Kier alpha value is -0.920. The van der Waals surface area contributed by atoms with Crippen LogP contribution in [0.5, 0.6) is 0 Å². The first-order valence-corrected chi connectivity index (χ1v) is 7.10. The maximum Gasteiger partial charge on any atom is 0.217 e. The van der Waals surface area contributed by atoms with Crippen molar-refractivity contribution in [2.45, 2.75) is 32.6 Å². The number of aromatic nitrogens is 1. The van der Waals surface area contributed by atoms with Gasteiger partial charge in [-0.1, -0.05) is 19.0 Å². The van der Waals surface area contributed by atoms with Gasteiger partial charge < -0.3 is 10.3 Å². The summed E-state index contributed by atoms with van der Waals surface area (Å²) in [6.07, 6.45) is 0. The molecule has 1 heterocycles. The molecule has 7 heteroatoms. The number of rotatable bonds is 6. The van der Waals surface area contributed by atoms with Gasteiger partial charge in [0.2, 0.25) is 10.0 Å². The molecule has 0 aliphatic heterocycles. The van der Waals surface area contributed by atoms with Crippen LogP contribution in [0.3, 0.4) is 0 Å². The Balaban J connectivity index is 2.52. The van der Waals surface area contributed by atoms with Crippen molar-refractivity contribution in [2.75, 3.05) is 6.54 Å². The van der Waals surface area contributed by atoms with Gasteiger partial charge >= 0.3 is 0 Å². The minimum Gasteiger partial charge on any atom is -0.361 e. The van der Waals surface area contributed by atoms with Gasteiger partial charge in [0, 0.05) is 18.7 Å². The maximum absolute atomic E-state index is 11.7. The summed E-state index contributed by atoms with van der Waals surface area (Å²) in [7, 11) is -3.40. The van der Waals surface area contributed by atoms with E-state index in [0.717, 1.165) is 0 Å². The Labute approximate surface area is 102 Å². The Morgan fingerprint density at radius 3 is 2.65 bits per heavy atom. The molecule has 3 N–H and O–H groups in total. The second-order valence-corrected chi connectivity index (χ2v) is 6.25. The van der Waals surface area contributed by atoms with Crippen LogP contribution >= 0.6 is 0 Å². The van der Waals surface area contributed by atoms with Gasteiger partial charge in [-0.3, -0.25) is 0 Å². The van der Waals surface area contributed by atoms with E-state index in [1.165, 1.54) is 0 Å². The fraction of sp³-hybridized carbons (Fsp3) is 0.700. The minimum absolute atomic E-state index is 0.185. The molecule has 1 rings (SSSR count). The van der Waals surface area contributed by atoms with Gasteiger partial charge in [0.15, 0.2) is 0 Å². The summed E-state index contributed by atoms with van der Waals surface area (Å²) in [5, 5.41) is 3.64. The molecule has 1 unspecified atom stereocenters. The molecule has 0 aliphatic carbocycles. The smallest absolute Gasteiger partial charge is 0.217 e. The third kappa shape index (κ3) is 4.84. The van der Waals surface area contributed by atoms with Gasteiger partial charge in [-0.05, 0) is 12.8 Å². The van der Waals surface area contributed by atoms with Crippen LogP contribution in [0.25, 0.3) is 0 Å². The van der Waals surface area contributed by atoms with Crippen LogP contribution in [0, 0.1) is 12.8 Å². The Morgan fingerprint density at radius 2 is 2.18 bits per heavy atom. The predicted molar refractivity (Wildman–Crippen MR) is 64.7 cm³/mol. The molecule has 1 aromatic rings. The molecule has 0 bridgehead atoms. The van der Waals surface area contributed by atoms with E-state index in [2.05, 4.69) is 9.88 Å². The summed E-state index contributed by atoms with van der Waals surface area (Å²) in [6, 6.07) is 1.41. The summed E-state index contributed by atoms with van der Waals surface area (Å²) >= 11 is 0. The number of nitrogens with zero attached hydrogens (tertiary/aromatic N) is 1. The third-order valence-electron chi connectivity index (χ3n) is 2.41. The second kappa shape index (κ2) is 5.61. The van der Waals surface area contributed by atoms with Gasteiger partial charge in [0.1, 0.15) is 17.2 Å². The highest BCUT2D eigenvalue weighted by molar-refractivity contribution is 7.88. The van der Waals surface area contributed by atoms with E-state index in [4.69, 9.17) is 10.3 Å². The topological polar surface area (TPSA) is 98.2 Å². The molecule has 0 aromatic carbocycles. The molecule has 0 fully saturated rings. The predicted octanol–water partition coefficient (Wildman–Crippen LogP) is 0.386. The number of hydrogen-bond acceptors (Lipinski definition) is 5. The molecule has 1 aromatic heterocycles. The lowest BCUT2D eigenvalue weighted by Gasteiger charge is -2.15. The van der Waals surface area contributed by atoms with E-state index in [9.17, 15) is 8.42 Å². The van der Waals surface area contributed by atoms with Crippen LogP contribution in [0.15, 0.2) is 10.6 Å². The van der Waals surface area contributed by atoms with Crippen molar-refractivity contribution in [3.63, 3.8) is 0 Å². The van der Waals surface area contributed by atoms with E-state index in [1.807, 2.05) is 13.8 Å². The quantitative estimate of drug-likeness (QED) is 0.771. The summed E-state index contributed by atoms with van der Waals surface area (Å²) in [4.78, 5) is 0. The fourth-order valence-electron chi connectivity index (χ4n) is 1.19. The lowest BCUT2D eigenvalue weighted by molar-refractivity contribution is 0.392. The minimum atomic E-state index is -3.40. The van der Waals surface area contributed by atoms with Crippen molar-refractivity contribution >= 4 is 10.0 Å². The third-order valence-corrected chi connectivity index (χ3v) is 3.69. The van der Waals surface area contributed by atoms with Gasteiger partial charge in [-0.15, -0.1) is 0 Å². The number of aryl methyl sites for hydroxylation is 1. The number of hydrogen-bond donors (Lipinski definition) is 2. The molecule has 1 atom stereocenters. The molecule has 0 radical (unpaired) electrons. The molecule has 0 saturated carbocycles. The van der Waals surface area contributed by atoms with Gasteiger partial charge in [-0.25, -0.2) is 13.1 Å². The average Bonchev–Trinajstić information content (AvgIpc) is 2.59. The first-order chi connectivity index (χ1) is 7.80. The maximum atomic E-state index is 11.7. The highest BCUT2D eigenvalue weighted by Crippen LogP contribution is 2.06. The number of sulfonamides is 1. The monoisotopic (exact) mass is 261 g/mol. The van der Waals surface area contributed by atoms with Crippen LogP contribution < -0.4 is 10.5 Å². The molecule has 6 nitrogen and oxygen atoms in total. The molecule has 98 valence electrons. The largest absolute Gasteiger partial charge is 0.361 e. The zero-order chi connectivity index (χ0) is 13.1. The van der Waals surface area contributed by atoms with Gasteiger partial charge in [0.25, 0.3) is 0 Å². The normalized spacial score (nSPS) is 14.2. The van der Waals surface area contributed by atoms with Crippen LogP contribution in [0.2, 0.25) is 0 Å². The van der Waals surface area contributed by atoms with Crippen LogP contribution in [-0.2, 0) is 15.8 Å². The number of nitrogens with two attached hydrogens (primary N) is 1. The summed E-state index contributed by atoms with van der Waals surface area (Å²) < 4.78 is 30.6. The van der Waals surface area contributed by atoms with Gasteiger partial charge in [0.05, 0.1) is 0 Å². The molecule has 17 heavy (non-hydrogen) atoms. The summed E-state index contributed by atoms with van der Waals surface area (Å²) in [5.74, 6) is 0.635. The molecule has 0 amide bonds. The Kier molecular flexibility index (Phi) is 4.67. The first kappa shape index (κ1) is 14.1. The lowest BCUT2D eigenvalue weighted by atomic mass is 10.1. The standard InChI is InChI=1S/C10H19N3O3S/c1-7(2)10(11)5-12-17(14,15)6-9-4-8(3)16-13-9/h4,7,10,12H,5-6,11H2,1-3H3. The van der Waals surface area contributed by atoms with Crippen molar-refractivity contribution in [3.05, 3.63) is 17.5 Å². The molecular weight excluding hydrogens is 242 g/mol. The average molecular weight is 261 g/mol. The van der Waals surface area contributed by atoms with Crippen LogP contribution in [-0.4, -0.2) is 26.2 Å². The van der Waals surface area contributed by atoms with Gasteiger partial charge in [-0.2, -0.15) is 0 Å². The zero-order valence-corrected chi connectivity index (χ0v) is 11.1. The lowest BCUT2D eigenvalue weighted by Crippen LogP contribution is -2.40.